The zero-order valence-electron chi connectivity index (χ0n) is 7.41. The highest BCUT2D eigenvalue weighted by molar-refractivity contribution is 7.99. The molecule has 4 N–H and O–H groups in total. The van der Waals surface area contributed by atoms with Crippen LogP contribution in [0.1, 0.15) is 17.3 Å². The number of hydrogen-bond donors (Lipinski definition) is 2. The first-order valence-electron chi connectivity index (χ1n) is 3.97. The summed E-state index contributed by atoms with van der Waals surface area (Å²) in [6.45, 7) is 2.03. The van der Waals surface area contributed by atoms with E-state index in [1.54, 1.807) is 30.0 Å². The number of hydrogen-bond acceptors (Lipinski definition) is 3. The van der Waals surface area contributed by atoms with Crippen LogP contribution in [0.5, 0.6) is 0 Å². The van der Waals surface area contributed by atoms with Crippen LogP contribution in [0.4, 0.5) is 5.69 Å². The van der Waals surface area contributed by atoms with Crippen LogP contribution in [0.3, 0.4) is 0 Å². The molecule has 1 amide bonds. The molecule has 0 aliphatic heterocycles. The van der Waals surface area contributed by atoms with E-state index in [1.165, 1.54) is 0 Å². The second-order valence-corrected chi connectivity index (χ2v) is 3.86. The van der Waals surface area contributed by atoms with Gasteiger partial charge in [-0.3, -0.25) is 4.79 Å². The van der Waals surface area contributed by atoms with Gasteiger partial charge in [-0.1, -0.05) is 6.92 Å². The molecule has 0 bridgehead atoms. The maximum atomic E-state index is 10.8. The number of nitrogen functional groups attached to an aromatic ring is 1. The van der Waals surface area contributed by atoms with E-state index in [9.17, 15) is 4.79 Å². The number of carbonyl (C=O) groups is 1. The summed E-state index contributed by atoms with van der Waals surface area (Å²) in [5.41, 5.74) is 12.0. The SMILES string of the molecule is CCSc1cc(C(N)=O)ccc1N. The fraction of sp³-hybridized carbons (Fsp3) is 0.222. The number of rotatable bonds is 3. The van der Waals surface area contributed by atoms with Gasteiger partial charge < -0.3 is 11.5 Å². The van der Waals surface area contributed by atoms with E-state index in [0.717, 1.165) is 10.6 Å². The van der Waals surface area contributed by atoms with Crippen LogP contribution < -0.4 is 11.5 Å². The Balaban J connectivity index is 3.03. The Labute approximate surface area is 81.5 Å². The summed E-state index contributed by atoms with van der Waals surface area (Å²) in [6, 6.07) is 5.07. The molecular formula is C9H12N2OS. The van der Waals surface area contributed by atoms with Crippen molar-refractivity contribution in [1.29, 1.82) is 0 Å². The number of nitrogens with two attached hydrogens (primary N) is 2. The number of primary amides is 1. The average molecular weight is 196 g/mol. The molecule has 3 nitrogen and oxygen atoms in total. The Morgan fingerprint density at radius 3 is 2.77 bits per heavy atom. The maximum absolute atomic E-state index is 10.8. The molecule has 1 aromatic carbocycles. The molecule has 13 heavy (non-hydrogen) atoms. The molecule has 1 rings (SSSR count). The van der Waals surface area contributed by atoms with Crippen LogP contribution in [-0.2, 0) is 0 Å². The first kappa shape index (κ1) is 9.92. The first-order chi connectivity index (χ1) is 6.15. The largest absolute Gasteiger partial charge is 0.398 e. The number of benzene rings is 1. The van der Waals surface area contributed by atoms with E-state index in [0.29, 0.717) is 11.3 Å². The zero-order valence-corrected chi connectivity index (χ0v) is 8.23. The van der Waals surface area contributed by atoms with Gasteiger partial charge >= 0.3 is 0 Å². The maximum Gasteiger partial charge on any atom is 0.248 e. The van der Waals surface area contributed by atoms with E-state index >= 15 is 0 Å². The quantitative estimate of drug-likeness (QED) is 0.568. The summed E-state index contributed by atoms with van der Waals surface area (Å²) in [7, 11) is 0. The minimum atomic E-state index is -0.419. The van der Waals surface area contributed by atoms with Crippen molar-refractivity contribution < 1.29 is 4.79 Å². The predicted octanol–water partition coefficient (Wildman–Crippen LogP) is 1.48. The van der Waals surface area contributed by atoms with E-state index in [1.807, 2.05) is 6.92 Å². The molecule has 70 valence electrons. The Bertz CT molecular complexity index is 325. The van der Waals surface area contributed by atoms with Crippen LogP contribution in [0.25, 0.3) is 0 Å². The number of thioether (sulfide) groups is 1. The van der Waals surface area contributed by atoms with Gasteiger partial charge in [0.1, 0.15) is 0 Å². The predicted molar refractivity (Wildman–Crippen MR) is 55.8 cm³/mol. The van der Waals surface area contributed by atoms with E-state index in [-0.39, 0.29) is 0 Å². The summed E-state index contributed by atoms with van der Waals surface area (Å²) in [5, 5.41) is 0. The lowest BCUT2D eigenvalue weighted by Crippen LogP contribution is -2.11. The van der Waals surface area contributed by atoms with Gasteiger partial charge in [0.2, 0.25) is 5.91 Å². The molecule has 0 spiro atoms. The normalized spacial score (nSPS) is 9.92. The zero-order chi connectivity index (χ0) is 9.84. The molecule has 0 aliphatic rings. The van der Waals surface area contributed by atoms with Gasteiger partial charge in [-0.25, -0.2) is 0 Å². The minimum Gasteiger partial charge on any atom is -0.398 e. The van der Waals surface area contributed by atoms with Gasteiger partial charge in [0.15, 0.2) is 0 Å². The lowest BCUT2D eigenvalue weighted by atomic mass is 10.2. The summed E-state index contributed by atoms with van der Waals surface area (Å²) in [5.74, 6) is 0.504. The van der Waals surface area contributed by atoms with Gasteiger partial charge in [0.25, 0.3) is 0 Å². The van der Waals surface area contributed by atoms with Crippen molar-refractivity contribution in [2.75, 3.05) is 11.5 Å². The van der Waals surface area contributed by atoms with Gasteiger partial charge in [-0.05, 0) is 24.0 Å². The van der Waals surface area contributed by atoms with Crippen molar-refractivity contribution in [2.24, 2.45) is 5.73 Å². The third kappa shape index (κ3) is 2.39. The van der Waals surface area contributed by atoms with Crippen molar-refractivity contribution in [2.45, 2.75) is 11.8 Å². The van der Waals surface area contributed by atoms with Gasteiger partial charge in [0, 0.05) is 16.1 Å². The summed E-state index contributed by atoms with van der Waals surface area (Å²) in [6.07, 6.45) is 0. The Hall–Kier alpha value is -1.16. The Kier molecular flexibility index (Phi) is 3.19. The number of amides is 1. The van der Waals surface area contributed by atoms with Gasteiger partial charge in [-0.15, -0.1) is 11.8 Å². The summed E-state index contributed by atoms with van der Waals surface area (Å²) >= 11 is 1.60. The molecule has 0 unspecified atom stereocenters. The van der Waals surface area contributed by atoms with Crippen LogP contribution in [-0.4, -0.2) is 11.7 Å². The fourth-order valence-electron chi connectivity index (χ4n) is 0.968. The second-order valence-electron chi connectivity index (χ2n) is 2.55. The highest BCUT2D eigenvalue weighted by Crippen LogP contribution is 2.25. The van der Waals surface area contributed by atoms with Crippen LogP contribution in [0.2, 0.25) is 0 Å². The molecule has 0 saturated heterocycles. The number of anilines is 1. The third-order valence-electron chi connectivity index (χ3n) is 1.60. The topological polar surface area (TPSA) is 69.1 Å². The molecular weight excluding hydrogens is 184 g/mol. The van der Waals surface area contributed by atoms with E-state index in [2.05, 4.69) is 0 Å². The monoisotopic (exact) mass is 196 g/mol. The molecule has 0 heterocycles. The molecule has 0 aliphatic carbocycles. The van der Waals surface area contributed by atoms with E-state index < -0.39 is 5.91 Å². The standard InChI is InChI=1S/C9H12N2OS/c1-2-13-8-5-6(9(11)12)3-4-7(8)10/h3-5H,2,10H2,1H3,(H2,11,12). The summed E-state index contributed by atoms with van der Waals surface area (Å²) < 4.78 is 0. The van der Waals surface area contributed by atoms with Crippen molar-refractivity contribution in [3.05, 3.63) is 23.8 Å². The molecule has 0 radical (unpaired) electrons. The van der Waals surface area contributed by atoms with Crippen molar-refractivity contribution in [3.63, 3.8) is 0 Å². The average Bonchev–Trinajstić information content (AvgIpc) is 2.08. The van der Waals surface area contributed by atoms with Crippen molar-refractivity contribution in [1.82, 2.24) is 0 Å². The molecule has 0 aromatic heterocycles. The number of carbonyl (C=O) groups excluding carboxylic acids is 1. The fourth-order valence-corrected chi connectivity index (χ4v) is 1.72. The van der Waals surface area contributed by atoms with Crippen LogP contribution in [0.15, 0.2) is 23.1 Å². The lowest BCUT2D eigenvalue weighted by molar-refractivity contribution is 0.1000. The molecule has 1 aromatic rings. The smallest absolute Gasteiger partial charge is 0.248 e. The molecule has 4 heteroatoms. The second kappa shape index (κ2) is 4.18. The first-order valence-corrected chi connectivity index (χ1v) is 4.96. The lowest BCUT2D eigenvalue weighted by Gasteiger charge is -2.04. The van der Waals surface area contributed by atoms with Crippen LogP contribution in [0, 0.1) is 0 Å². The minimum absolute atomic E-state index is 0.419. The Morgan fingerprint density at radius 1 is 1.54 bits per heavy atom. The highest BCUT2D eigenvalue weighted by atomic mass is 32.2. The third-order valence-corrected chi connectivity index (χ3v) is 2.55. The molecule has 0 atom stereocenters. The van der Waals surface area contributed by atoms with Crippen molar-refractivity contribution >= 4 is 23.4 Å². The molecule has 0 fully saturated rings. The van der Waals surface area contributed by atoms with E-state index in [4.69, 9.17) is 11.5 Å². The van der Waals surface area contributed by atoms with Gasteiger partial charge in [-0.2, -0.15) is 0 Å². The molecule has 0 saturated carbocycles. The van der Waals surface area contributed by atoms with Crippen molar-refractivity contribution in [3.8, 4) is 0 Å². The van der Waals surface area contributed by atoms with Gasteiger partial charge in [0.05, 0.1) is 0 Å². The Morgan fingerprint density at radius 2 is 2.23 bits per heavy atom. The summed E-state index contributed by atoms with van der Waals surface area (Å²) in [4.78, 5) is 11.8. The van der Waals surface area contributed by atoms with Crippen LogP contribution >= 0.6 is 11.8 Å². The highest BCUT2D eigenvalue weighted by Gasteiger charge is 2.04.